The molecule has 0 atom stereocenters. The Labute approximate surface area is 219 Å². The number of carbonyl (C=O) groups is 2. The van der Waals surface area contributed by atoms with Gasteiger partial charge < -0.3 is 29.5 Å². The lowest BCUT2D eigenvalue weighted by atomic mass is 10.1. The van der Waals surface area contributed by atoms with Gasteiger partial charge in [-0.05, 0) is 51.5 Å². The number of rotatable bonds is 9. The highest BCUT2D eigenvalue weighted by Gasteiger charge is 2.26. The van der Waals surface area contributed by atoms with Crippen LogP contribution in [0, 0.1) is 0 Å². The van der Waals surface area contributed by atoms with Crippen LogP contribution in [0.25, 0.3) is 11.3 Å². The molecule has 0 saturated carbocycles. The van der Waals surface area contributed by atoms with Gasteiger partial charge in [-0.3, -0.25) is 4.79 Å². The number of anilines is 1. The molecule has 202 valence electrons. The number of unbranched alkanes of at least 4 members (excludes halogenated alkanes) is 1. The van der Waals surface area contributed by atoms with Gasteiger partial charge in [0.25, 0.3) is 0 Å². The van der Waals surface area contributed by atoms with Gasteiger partial charge in [-0.1, -0.05) is 13.3 Å². The van der Waals surface area contributed by atoms with Crippen molar-refractivity contribution in [2.75, 3.05) is 58.4 Å². The number of urea groups is 1. The highest BCUT2D eigenvalue weighted by molar-refractivity contribution is 5.84. The smallest absolute Gasteiger partial charge is 0.318 e. The SMILES string of the molecule is CCCCN(CC(=O)N1CCN(c2ccc(-c3ccc(OC)cc3OC)nn2)CC1)C(=O)NC(C)(C)C. The Bertz CT molecular complexity index is 1050. The standard InChI is InChI=1S/C27H40N6O4/c1-7-8-13-33(26(35)28-27(2,3)4)19-25(34)32-16-14-31(15-17-32)24-12-11-22(29-30-24)21-10-9-20(36-5)18-23(21)37-6/h9-12,18H,7-8,13-17,19H2,1-6H3,(H,28,35). The molecule has 2 aromatic rings. The lowest BCUT2D eigenvalue weighted by molar-refractivity contribution is -0.132. The Balaban J connectivity index is 1.59. The zero-order valence-corrected chi connectivity index (χ0v) is 22.9. The Hall–Kier alpha value is -3.56. The van der Waals surface area contributed by atoms with E-state index in [0.717, 1.165) is 24.2 Å². The number of nitrogens with one attached hydrogen (secondary N) is 1. The van der Waals surface area contributed by atoms with Crippen LogP contribution < -0.4 is 19.7 Å². The van der Waals surface area contributed by atoms with Crippen LogP contribution in [0.15, 0.2) is 30.3 Å². The van der Waals surface area contributed by atoms with Crippen LogP contribution in [0.3, 0.4) is 0 Å². The predicted octanol–water partition coefficient (Wildman–Crippen LogP) is 3.42. The lowest BCUT2D eigenvalue weighted by Gasteiger charge is -2.36. The summed E-state index contributed by atoms with van der Waals surface area (Å²) in [7, 11) is 3.23. The normalized spacial score (nSPS) is 13.8. The number of carbonyl (C=O) groups excluding carboxylic acids is 2. The van der Waals surface area contributed by atoms with E-state index in [4.69, 9.17) is 9.47 Å². The van der Waals surface area contributed by atoms with Crippen LogP contribution in [0.5, 0.6) is 11.5 Å². The zero-order valence-electron chi connectivity index (χ0n) is 22.9. The Morgan fingerprint density at radius 1 is 1.03 bits per heavy atom. The number of benzene rings is 1. The van der Waals surface area contributed by atoms with Crippen molar-refractivity contribution in [1.29, 1.82) is 0 Å². The van der Waals surface area contributed by atoms with Crippen molar-refractivity contribution >= 4 is 17.8 Å². The van der Waals surface area contributed by atoms with E-state index in [1.807, 2.05) is 56.0 Å². The third-order valence-corrected chi connectivity index (χ3v) is 6.17. The van der Waals surface area contributed by atoms with E-state index in [9.17, 15) is 9.59 Å². The van der Waals surface area contributed by atoms with Gasteiger partial charge in [-0.25, -0.2) is 4.79 Å². The Morgan fingerprint density at radius 3 is 2.32 bits per heavy atom. The summed E-state index contributed by atoms with van der Waals surface area (Å²) >= 11 is 0. The van der Waals surface area contributed by atoms with Crippen LogP contribution in [0.4, 0.5) is 10.6 Å². The molecule has 1 aliphatic rings. The van der Waals surface area contributed by atoms with Crippen molar-refractivity contribution in [3.05, 3.63) is 30.3 Å². The topological polar surface area (TPSA) is 100 Å². The van der Waals surface area contributed by atoms with Crippen molar-refractivity contribution in [3.63, 3.8) is 0 Å². The molecule has 2 heterocycles. The van der Waals surface area contributed by atoms with Gasteiger partial charge >= 0.3 is 6.03 Å². The minimum absolute atomic E-state index is 0.0344. The van der Waals surface area contributed by atoms with E-state index < -0.39 is 0 Å². The molecule has 1 aliphatic heterocycles. The highest BCUT2D eigenvalue weighted by Crippen LogP contribution is 2.32. The molecule has 3 amide bonds. The first kappa shape index (κ1) is 28.0. The highest BCUT2D eigenvalue weighted by atomic mass is 16.5. The van der Waals surface area contributed by atoms with E-state index in [1.54, 1.807) is 19.1 Å². The van der Waals surface area contributed by atoms with Crippen molar-refractivity contribution in [1.82, 2.24) is 25.3 Å². The number of aromatic nitrogens is 2. The molecule has 10 heteroatoms. The summed E-state index contributed by atoms with van der Waals surface area (Å²) in [6.45, 7) is 11.0. The number of hydrogen-bond donors (Lipinski definition) is 1. The van der Waals surface area contributed by atoms with Crippen molar-refractivity contribution in [3.8, 4) is 22.8 Å². The molecule has 0 aliphatic carbocycles. The minimum atomic E-state index is -0.356. The average Bonchev–Trinajstić information content (AvgIpc) is 2.89. The monoisotopic (exact) mass is 512 g/mol. The maximum absolute atomic E-state index is 13.0. The molecule has 3 rings (SSSR count). The van der Waals surface area contributed by atoms with Crippen molar-refractivity contribution in [2.24, 2.45) is 0 Å². The largest absolute Gasteiger partial charge is 0.497 e. The fraction of sp³-hybridized carbons (Fsp3) is 0.556. The number of nitrogens with zero attached hydrogens (tertiary/aromatic N) is 5. The number of ether oxygens (including phenoxy) is 2. The molecule has 0 unspecified atom stereocenters. The molecule has 0 radical (unpaired) electrons. The van der Waals surface area contributed by atoms with Crippen LogP contribution >= 0.6 is 0 Å². The fourth-order valence-corrected chi connectivity index (χ4v) is 4.10. The quantitative estimate of drug-likeness (QED) is 0.550. The third kappa shape index (κ3) is 7.71. The van der Waals surface area contributed by atoms with Crippen molar-refractivity contribution < 1.29 is 19.1 Å². The number of piperazine rings is 1. The summed E-state index contributed by atoms with van der Waals surface area (Å²) in [5.41, 5.74) is 1.18. The van der Waals surface area contributed by atoms with Gasteiger partial charge in [0.1, 0.15) is 18.0 Å². The number of amides is 3. The maximum atomic E-state index is 13.0. The summed E-state index contributed by atoms with van der Waals surface area (Å²) in [5, 5.41) is 11.8. The molecule has 10 nitrogen and oxygen atoms in total. The minimum Gasteiger partial charge on any atom is -0.497 e. The summed E-state index contributed by atoms with van der Waals surface area (Å²) < 4.78 is 10.8. The molecule has 1 aromatic heterocycles. The first-order chi connectivity index (χ1) is 17.6. The van der Waals surface area contributed by atoms with Crippen molar-refractivity contribution in [2.45, 2.75) is 46.1 Å². The van der Waals surface area contributed by atoms with E-state index in [1.165, 1.54) is 0 Å². The predicted molar refractivity (Wildman–Crippen MR) is 144 cm³/mol. The van der Waals surface area contributed by atoms with Gasteiger partial charge in [-0.2, -0.15) is 0 Å². The molecule has 1 N–H and O–H groups in total. The molecule has 1 aromatic carbocycles. The van der Waals surface area contributed by atoms with Crippen LogP contribution in [0.2, 0.25) is 0 Å². The zero-order chi connectivity index (χ0) is 27.0. The van der Waals surface area contributed by atoms with Gasteiger partial charge in [0, 0.05) is 49.9 Å². The first-order valence-corrected chi connectivity index (χ1v) is 12.8. The number of hydrogen-bond acceptors (Lipinski definition) is 7. The van der Waals surface area contributed by atoms with E-state index in [2.05, 4.69) is 27.3 Å². The molecule has 0 spiro atoms. The second-order valence-corrected chi connectivity index (χ2v) is 10.2. The van der Waals surface area contributed by atoms with E-state index in [-0.39, 0.29) is 24.0 Å². The molecular formula is C27H40N6O4. The summed E-state index contributed by atoms with van der Waals surface area (Å²) in [6.07, 6.45) is 1.81. The molecule has 0 bridgehead atoms. The van der Waals surface area contributed by atoms with E-state index in [0.29, 0.717) is 49.9 Å². The third-order valence-electron chi connectivity index (χ3n) is 6.17. The van der Waals surface area contributed by atoms with Gasteiger partial charge in [0.2, 0.25) is 5.91 Å². The van der Waals surface area contributed by atoms with Crippen LogP contribution in [0.1, 0.15) is 40.5 Å². The van der Waals surface area contributed by atoms with Gasteiger partial charge in [0.15, 0.2) is 5.82 Å². The summed E-state index contributed by atoms with van der Waals surface area (Å²) in [4.78, 5) is 31.3. The fourth-order valence-electron chi connectivity index (χ4n) is 4.10. The second-order valence-electron chi connectivity index (χ2n) is 10.2. The molecule has 1 fully saturated rings. The van der Waals surface area contributed by atoms with Gasteiger partial charge in [0.05, 0.1) is 19.9 Å². The van der Waals surface area contributed by atoms with Gasteiger partial charge in [-0.15, -0.1) is 10.2 Å². The van der Waals surface area contributed by atoms with Crippen LogP contribution in [-0.4, -0.2) is 91.0 Å². The first-order valence-electron chi connectivity index (χ1n) is 12.8. The second kappa shape index (κ2) is 12.6. The average molecular weight is 513 g/mol. The summed E-state index contributed by atoms with van der Waals surface area (Å²) in [6, 6.07) is 9.24. The molecular weight excluding hydrogens is 472 g/mol. The summed E-state index contributed by atoms with van der Waals surface area (Å²) in [5.74, 6) is 2.10. The Morgan fingerprint density at radius 2 is 1.76 bits per heavy atom. The lowest BCUT2D eigenvalue weighted by Crippen LogP contribution is -2.54. The van der Waals surface area contributed by atoms with Crippen LogP contribution in [-0.2, 0) is 4.79 Å². The Kier molecular flexibility index (Phi) is 9.54. The number of methoxy groups -OCH3 is 2. The molecule has 1 saturated heterocycles. The maximum Gasteiger partial charge on any atom is 0.318 e. The van der Waals surface area contributed by atoms with E-state index >= 15 is 0 Å². The molecule has 37 heavy (non-hydrogen) atoms.